The van der Waals surface area contributed by atoms with Crippen molar-refractivity contribution < 1.29 is 14.0 Å². The summed E-state index contributed by atoms with van der Waals surface area (Å²) in [4.78, 5) is 24.8. The van der Waals surface area contributed by atoms with Crippen molar-refractivity contribution in [1.29, 1.82) is 0 Å². The Kier molecular flexibility index (Phi) is 3.08. The fourth-order valence-corrected chi connectivity index (χ4v) is 2.07. The molecule has 1 heterocycles. The van der Waals surface area contributed by atoms with Gasteiger partial charge in [-0.2, -0.15) is 0 Å². The summed E-state index contributed by atoms with van der Waals surface area (Å²) in [5.74, 6) is 0.272. The van der Waals surface area contributed by atoms with Crippen molar-refractivity contribution in [3.8, 4) is 0 Å². The van der Waals surface area contributed by atoms with Gasteiger partial charge in [-0.05, 0) is 18.9 Å². The van der Waals surface area contributed by atoms with Crippen molar-refractivity contribution >= 4 is 11.7 Å². The van der Waals surface area contributed by atoms with Crippen LogP contribution in [0.25, 0.3) is 0 Å². The van der Waals surface area contributed by atoms with E-state index in [0.29, 0.717) is 24.2 Å². The van der Waals surface area contributed by atoms with E-state index in [1.165, 1.54) is 12.5 Å². The molecular formula is C12H15NO3. The third-order valence-corrected chi connectivity index (χ3v) is 3.15. The minimum atomic E-state index is -0.0342. The van der Waals surface area contributed by atoms with Gasteiger partial charge in [0, 0.05) is 25.9 Å². The smallest absolute Gasteiger partial charge is 0.257 e. The zero-order valence-corrected chi connectivity index (χ0v) is 9.31. The zero-order valence-electron chi connectivity index (χ0n) is 9.31. The van der Waals surface area contributed by atoms with Gasteiger partial charge in [-0.25, -0.2) is 0 Å². The Balaban J connectivity index is 1.99. The van der Waals surface area contributed by atoms with Crippen molar-refractivity contribution in [3.63, 3.8) is 0 Å². The first kappa shape index (κ1) is 10.9. The van der Waals surface area contributed by atoms with Crippen LogP contribution in [-0.4, -0.2) is 29.7 Å². The minimum absolute atomic E-state index is 0.0342. The molecule has 0 aromatic carbocycles. The van der Waals surface area contributed by atoms with E-state index in [4.69, 9.17) is 4.42 Å². The van der Waals surface area contributed by atoms with Crippen LogP contribution in [0, 0.1) is 0 Å². The number of ketones is 1. The van der Waals surface area contributed by atoms with Gasteiger partial charge < -0.3 is 9.32 Å². The molecule has 1 saturated carbocycles. The van der Waals surface area contributed by atoms with Gasteiger partial charge in [-0.15, -0.1) is 0 Å². The van der Waals surface area contributed by atoms with Crippen LogP contribution in [0.1, 0.15) is 36.0 Å². The fourth-order valence-electron chi connectivity index (χ4n) is 2.07. The molecule has 0 atom stereocenters. The number of furan rings is 1. The number of nitrogens with zero attached hydrogens (tertiary/aromatic N) is 1. The lowest BCUT2D eigenvalue weighted by Crippen LogP contribution is -2.39. The highest BCUT2D eigenvalue weighted by Gasteiger charge is 2.26. The van der Waals surface area contributed by atoms with E-state index < -0.39 is 0 Å². The molecular weight excluding hydrogens is 206 g/mol. The molecule has 1 aromatic rings. The predicted octanol–water partition coefficient (Wildman–Crippen LogP) is 1.86. The van der Waals surface area contributed by atoms with Crippen LogP contribution in [0.2, 0.25) is 0 Å². The molecule has 4 heteroatoms. The van der Waals surface area contributed by atoms with Crippen LogP contribution >= 0.6 is 0 Å². The molecule has 0 spiro atoms. The van der Waals surface area contributed by atoms with E-state index in [1.54, 1.807) is 18.0 Å². The largest absolute Gasteiger partial charge is 0.472 e. The molecule has 0 saturated heterocycles. The second kappa shape index (κ2) is 4.51. The molecule has 2 rings (SSSR count). The number of hydrogen-bond donors (Lipinski definition) is 0. The van der Waals surface area contributed by atoms with E-state index in [0.717, 1.165) is 12.8 Å². The van der Waals surface area contributed by atoms with Gasteiger partial charge in [0.05, 0.1) is 11.8 Å². The van der Waals surface area contributed by atoms with Gasteiger partial charge in [0.2, 0.25) is 0 Å². The van der Waals surface area contributed by atoms with Crippen LogP contribution in [0.5, 0.6) is 0 Å². The molecule has 1 fully saturated rings. The fraction of sp³-hybridized carbons (Fsp3) is 0.500. The number of rotatable bonds is 2. The average Bonchev–Trinajstić information content (AvgIpc) is 2.81. The third-order valence-electron chi connectivity index (χ3n) is 3.15. The molecule has 0 N–H and O–H groups in total. The van der Waals surface area contributed by atoms with Crippen molar-refractivity contribution in [2.45, 2.75) is 31.7 Å². The van der Waals surface area contributed by atoms with Crippen LogP contribution in [0.4, 0.5) is 0 Å². The summed E-state index contributed by atoms with van der Waals surface area (Å²) in [6.07, 6.45) is 5.68. The van der Waals surface area contributed by atoms with Gasteiger partial charge in [-0.1, -0.05) is 0 Å². The average molecular weight is 221 g/mol. The predicted molar refractivity (Wildman–Crippen MR) is 58.1 cm³/mol. The van der Waals surface area contributed by atoms with Crippen LogP contribution in [0.15, 0.2) is 23.0 Å². The third kappa shape index (κ3) is 2.15. The quantitative estimate of drug-likeness (QED) is 0.766. The molecule has 0 unspecified atom stereocenters. The van der Waals surface area contributed by atoms with E-state index in [-0.39, 0.29) is 11.9 Å². The lowest BCUT2D eigenvalue weighted by molar-refractivity contribution is -0.121. The first-order valence-electron chi connectivity index (χ1n) is 5.49. The standard InChI is InChI=1S/C12H15NO3/c1-13(10-2-4-11(14)5-3-10)12(15)9-6-7-16-8-9/h6-8,10H,2-5H2,1H3. The zero-order chi connectivity index (χ0) is 11.5. The minimum Gasteiger partial charge on any atom is -0.472 e. The number of carbonyl (C=O) groups is 2. The van der Waals surface area contributed by atoms with Gasteiger partial charge >= 0.3 is 0 Å². The molecule has 0 radical (unpaired) electrons. The van der Waals surface area contributed by atoms with Crippen molar-refractivity contribution in [2.24, 2.45) is 0 Å². The molecule has 1 amide bonds. The second-order valence-electron chi connectivity index (χ2n) is 4.20. The number of Topliss-reactive ketones (excluding diaryl/α,β-unsaturated/α-hetero) is 1. The number of amides is 1. The monoisotopic (exact) mass is 221 g/mol. The maximum absolute atomic E-state index is 12.0. The summed E-state index contributed by atoms with van der Waals surface area (Å²) in [5.41, 5.74) is 0.569. The van der Waals surface area contributed by atoms with Gasteiger partial charge in [0.15, 0.2) is 0 Å². The highest BCUT2D eigenvalue weighted by molar-refractivity contribution is 5.94. The molecule has 86 valence electrons. The first-order chi connectivity index (χ1) is 7.68. The number of hydrogen-bond acceptors (Lipinski definition) is 3. The Morgan fingerprint density at radius 2 is 2.12 bits per heavy atom. The SMILES string of the molecule is CN(C(=O)c1ccoc1)C1CCC(=O)CC1. The molecule has 0 aliphatic heterocycles. The highest BCUT2D eigenvalue weighted by Crippen LogP contribution is 2.21. The van der Waals surface area contributed by atoms with Crippen molar-refractivity contribution in [3.05, 3.63) is 24.2 Å². The summed E-state index contributed by atoms with van der Waals surface area (Å²) < 4.78 is 4.89. The van der Waals surface area contributed by atoms with E-state index in [1.807, 2.05) is 0 Å². The lowest BCUT2D eigenvalue weighted by Gasteiger charge is -2.30. The highest BCUT2D eigenvalue weighted by atomic mass is 16.3. The topological polar surface area (TPSA) is 50.5 Å². The summed E-state index contributed by atoms with van der Waals surface area (Å²) in [6.45, 7) is 0. The van der Waals surface area contributed by atoms with E-state index in [2.05, 4.69) is 0 Å². The second-order valence-corrected chi connectivity index (χ2v) is 4.20. The van der Waals surface area contributed by atoms with Crippen molar-refractivity contribution in [1.82, 2.24) is 4.90 Å². The summed E-state index contributed by atoms with van der Waals surface area (Å²) in [6, 6.07) is 1.84. The normalized spacial score (nSPS) is 17.4. The Morgan fingerprint density at radius 1 is 1.44 bits per heavy atom. The Bertz CT molecular complexity index is 373. The summed E-state index contributed by atoms with van der Waals surface area (Å²) >= 11 is 0. The summed E-state index contributed by atoms with van der Waals surface area (Å²) in [5, 5.41) is 0. The maximum Gasteiger partial charge on any atom is 0.257 e. The van der Waals surface area contributed by atoms with Gasteiger partial charge in [0.25, 0.3) is 5.91 Å². The molecule has 4 nitrogen and oxygen atoms in total. The van der Waals surface area contributed by atoms with Crippen molar-refractivity contribution in [2.75, 3.05) is 7.05 Å². The van der Waals surface area contributed by atoms with Gasteiger partial charge in [-0.3, -0.25) is 9.59 Å². The lowest BCUT2D eigenvalue weighted by atomic mass is 9.93. The Morgan fingerprint density at radius 3 is 2.69 bits per heavy atom. The van der Waals surface area contributed by atoms with E-state index in [9.17, 15) is 9.59 Å². The Labute approximate surface area is 94.2 Å². The molecule has 0 bridgehead atoms. The van der Waals surface area contributed by atoms with Gasteiger partial charge in [0.1, 0.15) is 12.0 Å². The van der Waals surface area contributed by atoms with Crippen LogP contribution in [-0.2, 0) is 4.79 Å². The van der Waals surface area contributed by atoms with Crippen LogP contribution in [0.3, 0.4) is 0 Å². The molecule has 16 heavy (non-hydrogen) atoms. The maximum atomic E-state index is 12.0. The number of carbonyl (C=O) groups excluding carboxylic acids is 2. The molecule has 1 aromatic heterocycles. The Hall–Kier alpha value is -1.58. The summed E-state index contributed by atoms with van der Waals surface area (Å²) in [7, 11) is 1.79. The molecule has 1 aliphatic rings. The molecule has 1 aliphatic carbocycles. The van der Waals surface area contributed by atoms with E-state index >= 15 is 0 Å². The van der Waals surface area contributed by atoms with Crippen LogP contribution < -0.4 is 0 Å². The first-order valence-corrected chi connectivity index (χ1v) is 5.49.